The largest absolute Gasteiger partial charge is 0.366 e. The van der Waals surface area contributed by atoms with E-state index in [2.05, 4.69) is 15.2 Å². The first-order valence-corrected chi connectivity index (χ1v) is 2.76. The summed E-state index contributed by atoms with van der Waals surface area (Å²) in [5.41, 5.74) is 5.11. The monoisotopic (exact) mass is 157 g/mol. The number of nitrogens with two attached hydrogens (primary N) is 1. The van der Waals surface area contributed by atoms with Gasteiger partial charge in [0.05, 0.1) is 0 Å². The fourth-order valence-electron chi connectivity index (χ4n) is 0.524. The lowest BCUT2D eigenvalue weighted by Crippen LogP contribution is -2.23. The number of amides is 1. The van der Waals surface area contributed by atoms with Gasteiger partial charge in [0.15, 0.2) is 0 Å². The Balaban J connectivity index is 2.85. The van der Waals surface area contributed by atoms with E-state index in [1.807, 2.05) is 0 Å². The van der Waals surface area contributed by atoms with E-state index in [1.54, 1.807) is 0 Å². The van der Waals surface area contributed by atoms with E-state index in [0.717, 1.165) is 0 Å². The lowest BCUT2D eigenvalue weighted by Gasteiger charge is -2.03. The summed E-state index contributed by atoms with van der Waals surface area (Å²) in [6.07, 6.45) is 0. The van der Waals surface area contributed by atoms with E-state index < -0.39 is 5.91 Å². The van der Waals surface area contributed by atoms with Crippen molar-refractivity contribution < 1.29 is 10.0 Å². The molecule has 4 N–H and O–H groups in total. The Bertz CT molecular complexity index is 267. The highest BCUT2D eigenvalue weighted by atomic mass is 16.5. The van der Waals surface area contributed by atoms with Gasteiger partial charge in [-0.25, -0.2) is 5.06 Å². The van der Waals surface area contributed by atoms with Crippen LogP contribution in [0.25, 0.3) is 0 Å². The Labute approximate surface area is 61.8 Å². The first kappa shape index (κ1) is 7.48. The van der Waals surface area contributed by atoms with Crippen LogP contribution in [0.2, 0.25) is 0 Å². The van der Waals surface area contributed by atoms with Gasteiger partial charge in [-0.15, -0.1) is 5.10 Å². The second-order valence-corrected chi connectivity index (χ2v) is 1.87. The van der Waals surface area contributed by atoms with Gasteiger partial charge in [0.2, 0.25) is 11.8 Å². The molecule has 0 saturated heterocycles. The lowest BCUT2D eigenvalue weighted by atomic mass is 10.6. The zero-order chi connectivity index (χ0) is 8.43. The van der Waals surface area contributed by atoms with Gasteiger partial charge < -0.3 is 5.73 Å². The Hall–Kier alpha value is -1.63. The van der Waals surface area contributed by atoms with Crippen LogP contribution in [0.5, 0.6) is 0 Å². The highest BCUT2D eigenvalue weighted by molar-refractivity contribution is 5.89. The van der Waals surface area contributed by atoms with Crippen molar-refractivity contribution in [1.82, 2.24) is 20.2 Å². The summed E-state index contributed by atoms with van der Waals surface area (Å²) in [6.45, 7) is 0. The number of carbonyl (C=O) groups excluding carboxylic acids is 1. The van der Waals surface area contributed by atoms with Crippen LogP contribution in [0, 0.1) is 0 Å². The molecule has 1 aromatic heterocycles. The van der Waals surface area contributed by atoms with Crippen LogP contribution >= 0.6 is 0 Å². The molecule has 0 aliphatic rings. The van der Waals surface area contributed by atoms with E-state index >= 15 is 0 Å². The van der Waals surface area contributed by atoms with E-state index in [-0.39, 0.29) is 11.8 Å². The molecule has 0 unspecified atom stereocenters. The van der Waals surface area contributed by atoms with E-state index in [9.17, 15) is 4.79 Å². The van der Waals surface area contributed by atoms with Crippen molar-refractivity contribution in [3.05, 3.63) is 5.82 Å². The van der Waals surface area contributed by atoms with Gasteiger partial charge in [-0.2, -0.15) is 4.98 Å². The molecule has 7 heteroatoms. The normalized spacial score (nSPS) is 9.64. The van der Waals surface area contributed by atoms with Gasteiger partial charge in [0.25, 0.3) is 0 Å². The predicted octanol–water partition coefficient (Wildman–Crippen LogP) is -1.15. The van der Waals surface area contributed by atoms with Crippen LogP contribution in [0.15, 0.2) is 0 Å². The fourth-order valence-corrected chi connectivity index (χ4v) is 0.524. The van der Waals surface area contributed by atoms with Crippen LogP contribution in [-0.2, 0) is 0 Å². The van der Waals surface area contributed by atoms with Crippen molar-refractivity contribution >= 4 is 11.9 Å². The zero-order valence-electron chi connectivity index (χ0n) is 5.77. The van der Waals surface area contributed by atoms with Crippen molar-refractivity contribution in [1.29, 1.82) is 0 Å². The number of carbonyl (C=O) groups is 1. The zero-order valence-corrected chi connectivity index (χ0v) is 5.77. The van der Waals surface area contributed by atoms with Crippen molar-refractivity contribution in [2.75, 3.05) is 12.8 Å². The maximum absolute atomic E-state index is 10.8. The molecule has 7 nitrogen and oxygen atoms in total. The van der Waals surface area contributed by atoms with Crippen LogP contribution in [-0.4, -0.2) is 38.4 Å². The molecule has 0 aliphatic heterocycles. The van der Waals surface area contributed by atoms with Crippen molar-refractivity contribution in [3.63, 3.8) is 0 Å². The molecule has 11 heavy (non-hydrogen) atoms. The van der Waals surface area contributed by atoms with Gasteiger partial charge in [-0.1, -0.05) is 0 Å². The number of nitrogens with one attached hydrogen (secondary N) is 1. The summed E-state index contributed by atoms with van der Waals surface area (Å²) in [6, 6.07) is 0. The first-order chi connectivity index (χ1) is 5.11. The van der Waals surface area contributed by atoms with Crippen LogP contribution in [0.4, 0.5) is 5.95 Å². The van der Waals surface area contributed by atoms with Crippen molar-refractivity contribution in [2.45, 2.75) is 0 Å². The molecule has 0 bridgehead atoms. The summed E-state index contributed by atoms with van der Waals surface area (Å²) in [4.78, 5) is 14.3. The van der Waals surface area contributed by atoms with Gasteiger partial charge in [0.1, 0.15) is 0 Å². The number of anilines is 1. The number of aromatic nitrogens is 3. The summed E-state index contributed by atoms with van der Waals surface area (Å²) in [5, 5.41) is 14.7. The third-order valence-corrected chi connectivity index (χ3v) is 0.999. The van der Waals surface area contributed by atoms with Gasteiger partial charge in [-0.3, -0.25) is 15.1 Å². The van der Waals surface area contributed by atoms with Crippen LogP contribution in [0.1, 0.15) is 10.6 Å². The molecule has 1 aromatic rings. The molecule has 60 valence electrons. The Morgan fingerprint density at radius 3 is 2.82 bits per heavy atom. The Morgan fingerprint density at radius 1 is 1.82 bits per heavy atom. The Morgan fingerprint density at radius 2 is 2.45 bits per heavy atom. The molecular formula is C4H7N5O2. The molecule has 1 rings (SSSR count). The molecule has 0 spiro atoms. The van der Waals surface area contributed by atoms with Crippen molar-refractivity contribution in [3.8, 4) is 0 Å². The number of nitrogens with zero attached hydrogens (tertiary/aromatic N) is 3. The highest BCUT2D eigenvalue weighted by Gasteiger charge is 2.13. The highest BCUT2D eigenvalue weighted by Crippen LogP contribution is 1.95. The minimum Gasteiger partial charge on any atom is -0.366 e. The average molecular weight is 157 g/mol. The van der Waals surface area contributed by atoms with E-state index in [4.69, 9.17) is 10.9 Å². The summed E-state index contributed by atoms with van der Waals surface area (Å²) in [5.74, 6) is -0.808. The number of hydrogen-bond donors (Lipinski definition) is 3. The van der Waals surface area contributed by atoms with Crippen LogP contribution in [0.3, 0.4) is 0 Å². The summed E-state index contributed by atoms with van der Waals surface area (Å²) in [7, 11) is 1.18. The number of nitrogen functional groups attached to an aromatic ring is 1. The Kier molecular flexibility index (Phi) is 1.73. The maximum atomic E-state index is 10.8. The molecule has 0 atom stereocenters. The number of H-pyrrole nitrogens is 1. The first-order valence-electron chi connectivity index (χ1n) is 2.76. The van der Waals surface area contributed by atoms with Gasteiger partial charge in [0, 0.05) is 7.05 Å². The molecule has 0 radical (unpaired) electrons. The second kappa shape index (κ2) is 2.54. The van der Waals surface area contributed by atoms with E-state index in [1.165, 1.54) is 7.05 Å². The summed E-state index contributed by atoms with van der Waals surface area (Å²) < 4.78 is 0. The molecule has 0 aliphatic carbocycles. The number of hydroxylamine groups is 2. The quantitative estimate of drug-likeness (QED) is 0.352. The summed E-state index contributed by atoms with van der Waals surface area (Å²) >= 11 is 0. The minimum absolute atomic E-state index is 0.0322. The third kappa shape index (κ3) is 1.44. The number of rotatable bonds is 1. The molecule has 1 heterocycles. The molecule has 0 aromatic carbocycles. The van der Waals surface area contributed by atoms with Gasteiger partial charge >= 0.3 is 5.91 Å². The van der Waals surface area contributed by atoms with Crippen LogP contribution < -0.4 is 5.73 Å². The molecule has 0 saturated carbocycles. The third-order valence-electron chi connectivity index (χ3n) is 0.999. The number of aromatic amines is 1. The lowest BCUT2D eigenvalue weighted by molar-refractivity contribution is -0.0384. The van der Waals surface area contributed by atoms with Crippen molar-refractivity contribution in [2.24, 2.45) is 0 Å². The predicted molar refractivity (Wildman–Crippen MR) is 34.7 cm³/mol. The topological polar surface area (TPSA) is 108 Å². The SMILES string of the molecule is CN(O)C(=O)c1nc(N)n[nH]1. The standard InChI is InChI=1S/C4H7N5O2/c1-9(11)3(10)2-6-4(5)8-7-2/h11H,1H3,(H3,5,6,7,8). The molecular weight excluding hydrogens is 150 g/mol. The maximum Gasteiger partial charge on any atom is 0.314 e. The number of hydrogen-bond acceptors (Lipinski definition) is 5. The molecule has 0 fully saturated rings. The fraction of sp³-hybridized carbons (Fsp3) is 0.250. The minimum atomic E-state index is -0.686. The smallest absolute Gasteiger partial charge is 0.314 e. The second-order valence-electron chi connectivity index (χ2n) is 1.87. The average Bonchev–Trinajstić information content (AvgIpc) is 2.34. The van der Waals surface area contributed by atoms with Gasteiger partial charge in [-0.05, 0) is 0 Å². The molecule has 1 amide bonds. The van der Waals surface area contributed by atoms with E-state index in [0.29, 0.717) is 5.06 Å².